The number of nitrogens with zero attached hydrogens (tertiary/aromatic N) is 3. The largest absolute Gasteiger partial charge is 0.494 e. The zero-order valence-corrected chi connectivity index (χ0v) is 17.4. The number of likely N-dealkylation sites (tertiary alicyclic amines) is 1. The highest BCUT2D eigenvalue weighted by molar-refractivity contribution is 5.91. The highest BCUT2D eigenvalue weighted by atomic mass is 16.5. The second-order valence-electron chi connectivity index (χ2n) is 8.60. The molecule has 2 amide bonds. The number of methoxy groups -OCH3 is 1. The molecule has 1 atom stereocenters. The van der Waals surface area contributed by atoms with Crippen molar-refractivity contribution >= 4 is 22.9 Å². The van der Waals surface area contributed by atoms with E-state index in [-0.39, 0.29) is 11.4 Å². The Labute approximate surface area is 175 Å². The molecule has 30 heavy (non-hydrogen) atoms. The van der Waals surface area contributed by atoms with Gasteiger partial charge in [0.25, 0.3) is 0 Å². The Kier molecular flexibility index (Phi) is 5.20. The van der Waals surface area contributed by atoms with Crippen molar-refractivity contribution in [2.45, 2.75) is 31.6 Å². The number of carbonyl (C=O) groups excluding carboxylic acids is 1. The van der Waals surface area contributed by atoms with Crippen LogP contribution in [0.3, 0.4) is 0 Å². The quantitative estimate of drug-likeness (QED) is 0.833. The number of ether oxygens (including phenoxy) is 3. The van der Waals surface area contributed by atoms with Crippen LogP contribution in [0.1, 0.15) is 37.2 Å². The first-order chi connectivity index (χ1) is 14.7. The SMILES string of the molecule is COc1ccc(C2CCOCC2)c2ncc(NC(=O)N3CCC4(CCOC4)C3)nc12. The molecule has 3 saturated heterocycles. The summed E-state index contributed by atoms with van der Waals surface area (Å²) in [5.74, 6) is 1.50. The topological polar surface area (TPSA) is 85.8 Å². The molecule has 160 valence electrons. The number of rotatable bonds is 3. The number of nitrogens with one attached hydrogen (secondary N) is 1. The maximum Gasteiger partial charge on any atom is 0.323 e. The first kappa shape index (κ1) is 19.5. The van der Waals surface area contributed by atoms with Gasteiger partial charge in [0.05, 0.1) is 25.4 Å². The van der Waals surface area contributed by atoms with Crippen LogP contribution in [0.25, 0.3) is 11.0 Å². The van der Waals surface area contributed by atoms with Crippen molar-refractivity contribution in [3.8, 4) is 5.75 Å². The highest BCUT2D eigenvalue weighted by Crippen LogP contribution is 2.38. The number of benzene rings is 1. The Hall–Kier alpha value is -2.45. The maximum absolute atomic E-state index is 12.8. The van der Waals surface area contributed by atoms with E-state index < -0.39 is 0 Å². The molecule has 1 spiro atoms. The van der Waals surface area contributed by atoms with E-state index in [1.165, 1.54) is 5.56 Å². The van der Waals surface area contributed by atoms with Gasteiger partial charge in [0.1, 0.15) is 11.3 Å². The molecule has 1 unspecified atom stereocenters. The molecule has 0 radical (unpaired) electrons. The molecule has 3 aliphatic heterocycles. The molecule has 0 bridgehead atoms. The first-order valence-corrected chi connectivity index (χ1v) is 10.7. The van der Waals surface area contributed by atoms with Gasteiger partial charge >= 0.3 is 6.03 Å². The summed E-state index contributed by atoms with van der Waals surface area (Å²) >= 11 is 0. The number of aromatic nitrogens is 2. The molecule has 1 aromatic heterocycles. The smallest absolute Gasteiger partial charge is 0.323 e. The molecule has 5 rings (SSSR count). The second kappa shape index (κ2) is 8.00. The first-order valence-electron chi connectivity index (χ1n) is 10.7. The normalized spacial score (nSPS) is 24.6. The number of urea groups is 1. The molecule has 8 heteroatoms. The Morgan fingerprint density at radius 3 is 2.83 bits per heavy atom. The summed E-state index contributed by atoms with van der Waals surface area (Å²) < 4.78 is 16.6. The Morgan fingerprint density at radius 2 is 2.07 bits per heavy atom. The van der Waals surface area contributed by atoms with Gasteiger partial charge in [-0.2, -0.15) is 0 Å². The number of carbonyl (C=O) groups is 1. The molecule has 0 aliphatic carbocycles. The van der Waals surface area contributed by atoms with Crippen molar-refractivity contribution in [2.24, 2.45) is 5.41 Å². The average Bonchev–Trinajstić information content (AvgIpc) is 3.43. The van der Waals surface area contributed by atoms with E-state index >= 15 is 0 Å². The van der Waals surface area contributed by atoms with Crippen LogP contribution in [0, 0.1) is 5.41 Å². The summed E-state index contributed by atoms with van der Waals surface area (Å²) in [6.07, 6.45) is 5.61. The zero-order chi connectivity index (χ0) is 20.6. The van der Waals surface area contributed by atoms with Gasteiger partial charge in [-0.15, -0.1) is 0 Å². The summed E-state index contributed by atoms with van der Waals surface area (Å²) in [5.41, 5.74) is 2.82. The molecule has 0 saturated carbocycles. The van der Waals surface area contributed by atoms with Crippen molar-refractivity contribution in [1.82, 2.24) is 14.9 Å². The van der Waals surface area contributed by atoms with Gasteiger partial charge < -0.3 is 19.1 Å². The fourth-order valence-electron chi connectivity index (χ4n) is 4.93. The van der Waals surface area contributed by atoms with Gasteiger partial charge in [-0.3, -0.25) is 10.3 Å². The Balaban J connectivity index is 1.38. The number of hydrogen-bond donors (Lipinski definition) is 1. The van der Waals surface area contributed by atoms with Crippen molar-refractivity contribution in [3.63, 3.8) is 0 Å². The van der Waals surface area contributed by atoms with Crippen LogP contribution in [0.4, 0.5) is 10.6 Å². The Morgan fingerprint density at radius 1 is 1.20 bits per heavy atom. The zero-order valence-electron chi connectivity index (χ0n) is 17.4. The van der Waals surface area contributed by atoms with Gasteiger partial charge in [-0.1, -0.05) is 6.07 Å². The summed E-state index contributed by atoms with van der Waals surface area (Å²) in [6.45, 7) is 4.55. The minimum absolute atomic E-state index is 0.132. The monoisotopic (exact) mass is 412 g/mol. The van der Waals surface area contributed by atoms with Crippen LogP contribution in [0.15, 0.2) is 18.3 Å². The lowest BCUT2D eigenvalue weighted by molar-refractivity contribution is 0.0855. The van der Waals surface area contributed by atoms with Crippen LogP contribution < -0.4 is 10.1 Å². The molecular weight excluding hydrogens is 384 g/mol. The Bertz CT molecular complexity index is 938. The van der Waals surface area contributed by atoms with Crippen LogP contribution in [0.5, 0.6) is 5.75 Å². The van der Waals surface area contributed by atoms with E-state index in [0.29, 0.717) is 23.0 Å². The predicted octanol–water partition coefficient (Wildman–Crippen LogP) is 3.18. The van der Waals surface area contributed by atoms with E-state index in [9.17, 15) is 4.79 Å². The summed E-state index contributed by atoms with van der Waals surface area (Å²) in [6, 6.07) is 3.89. The highest BCUT2D eigenvalue weighted by Gasteiger charge is 2.42. The number of hydrogen-bond acceptors (Lipinski definition) is 6. The van der Waals surface area contributed by atoms with E-state index in [4.69, 9.17) is 19.2 Å². The number of amides is 2. The maximum atomic E-state index is 12.8. The lowest BCUT2D eigenvalue weighted by Gasteiger charge is -2.24. The van der Waals surface area contributed by atoms with Crippen molar-refractivity contribution < 1.29 is 19.0 Å². The van der Waals surface area contributed by atoms with Crippen LogP contribution >= 0.6 is 0 Å². The van der Waals surface area contributed by atoms with E-state index in [0.717, 1.165) is 70.7 Å². The van der Waals surface area contributed by atoms with Crippen molar-refractivity contribution in [1.29, 1.82) is 0 Å². The molecule has 8 nitrogen and oxygen atoms in total. The lowest BCUT2D eigenvalue weighted by Crippen LogP contribution is -2.35. The van der Waals surface area contributed by atoms with E-state index in [2.05, 4.69) is 16.4 Å². The third kappa shape index (κ3) is 3.58. The van der Waals surface area contributed by atoms with Gasteiger partial charge in [-0.25, -0.2) is 9.78 Å². The summed E-state index contributed by atoms with van der Waals surface area (Å²) in [7, 11) is 1.63. The standard InChI is InChI=1S/C22H28N4O4/c1-28-17-3-2-16(15-4-9-29-10-5-15)19-20(17)24-18(12-23-19)25-21(27)26-8-6-22(13-26)7-11-30-14-22/h2-3,12,15H,4-11,13-14H2,1H3,(H,24,25,27). The molecule has 1 aromatic carbocycles. The van der Waals surface area contributed by atoms with Gasteiger partial charge in [-0.05, 0) is 43.2 Å². The third-order valence-electron chi connectivity index (χ3n) is 6.72. The molecule has 1 N–H and O–H groups in total. The number of fused-ring (bicyclic) bond motifs is 1. The van der Waals surface area contributed by atoms with Gasteiger partial charge in [0.2, 0.25) is 0 Å². The fourth-order valence-corrected chi connectivity index (χ4v) is 4.93. The van der Waals surface area contributed by atoms with Crippen molar-refractivity contribution in [3.05, 3.63) is 23.9 Å². The van der Waals surface area contributed by atoms with Gasteiger partial charge in [0, 0.05) is 38.3 Å². The van der Waals surface area contributed by atoms with E-state index in [1.807, 2.05) is 11.0 Å². The molecule has 3 fully saturated rings. The van der Waals surface area contributed by atoms with Crippen LogP contribution in [-0.2, 0) is 9.47 Å². The van der Waals surface area contributed by atoms with Crippen molar-refractivity contribution in [2.75, 3.05) is 51.9 Å². The van der Waals surface area contributed by atoms with Gasteiger partial charge in [0.15, 0.2) is 5.82 Å². The van der Waals surface area contributed by atoms with Crippen LogP contribution in [0.2, 0.25) is 0 Å². The summed E-state index contributed by atoms with van der Waals surface area (Å²) in [5, 5.41) is 2.93. The molecule has 4 heterocycles. The predicted molar refractivity (Wildman–Crippen MR) is 112 cm³/mol. The van der Waals surface area contributed by atoms with E-state index in [1.54, 1.807) is 13.3 Å². The fraction of sp³-hybridized carbons (Fsp3) is 0.591. The molecule has 3 aliphatic rings. The minimum Gasteiger partial charge on any atom is -0.494 e. The molecular formula is C22H28N4O4. The minimum atomic E-state index is -0.132. The summed E-state index contributed by atoms with van der Waals surface area (Å²) in [4.78, 5) is 24.1. The van der Waals surface area contributed by atoms with Crippen LogP contribution in [-0.4, -0.2) is 67.5 Å². The third-order valence-corrected chi connectivity index (χ3v) is 6.72. The number of anilines is 1. The second-order valence-corrected chi connectivity index (χ2v) is 8.60. The molecule has 2 aromatic rings. The lowest BCUT2D eigenvalue weighted by atomic mass is 9.87. The average molecular weight is 412 g/mol.